The van der Waals surface area contributed by atoms with Gasteiger partial charge < -0.3 is 20.1 Å². The predicted molar refractivity (Wildman–Crippen MR) is 139 cm³/mol. The van der Waals surface area contributed by atoms with E-state index in [0.29, 0.717) is 10.7 Å². The number of aromatic nitrogens is 3. The average molecular weight is 574 g/mol. The average Bonchev–Trinajstić information content (AvgIpc) is 3.23. The first kappa shape index (κ1) is 29.0. The smallest absolute Gasteiger partial charge is 0.435 e. The molecule has 2 heterocycles. The number of carbonyl (C=O) groups excluding carboxylic acids is 3. The minimum absolute atomic E-state index is 0.0370. The van der Waals surface area contributed by atoms with Crippen LogP contribution in [0.4, 0.5) is 33.9 Å². The lowest BCUT2D eigenvalue weighted by molar-refractivity contribution is -0.137. The minimum Gasteiger partial charge on any atom is -0.457 e. The summed E-state index contributed by atoms with van der Waals surface area (Å²) in [6.07, 6.45) is -4.39. The fraction of sp³-hybridized carbons (Fsp3) is 0.222. The third kappa shape index (κ3) is 6.96. The van der Waals surface area contributed by atoms with Crippen molar-refractivity contribution >= 4 is 40.3 Å². The second kappa shape index (κ2) is 10.9. The molecule has 0 bridgehead atoms. The molecule has 41 heavy (non-hydrogen) atoms. The lowest BCUT2D eigenvalue weighted by atomic mass is 10.1. The Kier molecular flexibility index (Phi) is 7.68. The van der Waals surface area contributed by atoms with E-state index in [1.165, 1.54) is 37.4 Å². The number of ether oxygens (including phenoxy) is 2. The number of rotatable bonds is 5. The predicted octanol–water partition coefficient (Wildman–Crippen LogP) is 6.38. The Morgan fingerprint density at radius 2 is 1.63 bits per heavy atom. The number of pyridine rings is 1. The fourth-order valence-electron chi connectivity index (χ4n) is 3.61. The van der Waals surface area contributed by atoms with Crippen molar-refractivity contribution in [2.24, 2.45) is 0 Å². The molecule has 10 nitrogen and oxygen atoms in total. The molecule has 4 rings (SSSR count). The number of benzene rings is 2. The Morgan fingerprint density at radius 1 is 0.927 bits per heavy atom. The number of anilines is 2. The summed E-state index contributed by atoms with van der Waals surface area (Å²) in [5.41, 5.74) is -3.04. The highest BCUT2D eigenvalue weighted by molar-refractivity contribution is 6.12. The molecule has 0 fully saturated rings. The van der Waals surface area contributed by atoms with Gasteiger partial charge in [0.1, 0.15) is 28.7 Å². The molecule has 4 aromatic rings. The van der Waals surface area contributed by atoms with Crippen molar-refractivity contribution < 1.29 is 41.4 Å². The molecule has 0 saturated carbocycles. The van der Waals surface area contributed by atoms with E-state index in [1.54, 1.807) is 20.8 Å². The van der Waals surface area contributed by atoms with Crippen LogP contribution in [0.2, 0.25) is 0 Å². The molecule has 2 aromatic heterocycles. The third-order valence-corrected chi connectivity index (χ3v) is 5.25. The number of halogens is 4. The van der Waals surface area contributed by atoms with E-state index in [9.17, 15) is 31.9 Å². The zero-order valence-corrected chi connectivity index (χ0v) is 22.1. The quantitative estimate of drug-likeness (QED) is 0.266. The van der Waals surface area contributed by atoms with Crippen molar-refractivity contribution in [3.05, 3.63) is 71.8 Å². The summed E-state index contributed by atoms with van der Waals surface area (Å²) in [6.45, 7) is 6.05. The Labute approximate surface area is 230 Å². The lowest BCUT2D eigenvalue weighted by Crippen LogP contribution is -2.28. The van der Waals surface area contributed by atoms with Crippen LogP contribution in [0, 0.1) is 5.82 Å². The molecule has 0 radical (unpaired) electrons. The summed E-state index contributed by atoms with van der Waals surface area (Å²) in [5, 5.41) is 8.35. The van der Waals surface area contributed by atoms with E-state index < -0.39 is 40.9 Å². The van der Waals surface area contributed by atoms with Crippen LogP contribution in [0.3, 0.4) is 0 Å². The molecule has 2 N–H and O–H groups in total. The number of hydrogen-bond donors (Lipinski definition) is 2. The zero-order chi connectivity index (χ0) is 30.1. The summed E-state index contributed by atoms with van der Waals surface area (Å²) in [5.74, 6) is -1.86. The summed E-state index contributed by atoms with van der Waals surface area (Å²) >= 11 is 0. The summed E-state index contributed by atoms with van der Waals surface area (Å²) < 4.78 is 66.6. The van der Waals surface area contributed by atoms with Gasteiger partial charge in [0.25, 0.3) is 5.91 Å². The molecule has 0 aliphatic heterocycles. The van der Waals surface area contributed by atoms with Crippen LogP contribution in [0.15, 0.2) is 54.7 Å². The molecule has 0 atom stereocenters. The number of carbonyl (C=O) groups is 3. The van der Waals surface area contributed by atoms with Crippen molar-refractivity contribution in [3.8, 4) is 11.5 Å². The molecule has 14 heteroatoms. The van der Waals surface area contributed by atoms with Gasteiger partial charge in [-0.1, -0.05) is 0 Å². The van der Waals surface area contributed by atoms with Gasteiger partial charge in [-0.05, 0) is 57.2 Å². The standard InChI is InChI=1S/C27H23F4N5O5/c1-14(37)33-22-13-17(9-10-32-22)40-16-6-7-20(19(28)12-16)34-24(38)23-18-11-15(27(29,30)31)5-8-21(18)36(35-23)25(39)41-26(2,3)4/h5-13H,1-4H3,(H,34,38)(H,32,33,37). The Balaban J connectivity index is 1.63. The number of hydrogen-bond acceptors (Lipinski definition) is 7. The molecule has 2 amide bonds. The molecule has 214 valence electrons. The van der Waals surface area contributed by atoms with Gasteiger partial charge in [0.15, 0.2) is 5.69 Å². The minimum atomic E-state index is -4.74. The molecule has 0 aliphatic carbocycles. The molecular formula is C27H23F4N5O5. The maximum Gasteiger partial charge on any atom is 0.435 e. The highest BCUT2D eigenvalue weighted by Gasteiger charge is 2.33. The van der Waals surface area contributed by atoms with Crippen molar-refractivity contribution in [1.29, 1.82) is 0 Å². The SMILES string of the molecule is CC(=O)Nc1cc(Oc2ccc(NC(=O)c3nn(C(=O)OC(C)(C)C)c4ccc(C(F)(F)F)cc34)c(F)c2)ccn1. The van der Waals surface area contributed by atoms with E-state index >= 15 is 0 Å². The largest absolute Gasteiger partial charge is 0.457 e. The van der Waals surface area contributed by atoms with Crippen LogP contribution in [-0.2, 0) is 15.7 Å². The summed E-state index contributed by atoms with van der Waals surface area (Å²) in [6, 6.07) is 8.77. The second-order valence-corrected chi connectivity index (χ2v) is 9.73. The highest BCUT2D eigenvalue weighted by atomic mass is 19.4. The van der Waals surface area contributed by atoms with Crippen molar-refractivity contribution in [2.45, 2.75) is 39.5 Å². The number of amides is 2. The van der Waals surface area contributed by atoms with Crippen molar-refractivity contribution in [3.63, 3.8) is 0 Å². The van der Waals surface area contributed by atoms with Crippen LogP contribution in [0.1, 0.15) is 43.7 Å². The lowest BCUT2D eigenvalue weighted by Gasteiger charge is -2.19. The van der Waals surface area contributed by atoms with Crippen LogP contribution in [0.5, 0.6) is 11.5 Å². The second-order valence-electron chi connectivity index (χ2n) is 9.73. The first-order valence-electron chi connectivity index (χ1n) is 12.0. The Hall–Kier alpha value is -5.01. The normalized spacial score (nSPS) is 11.7. The van der Waals surface area contributed by atoms with Crippen molar-refractivity contribution in [2.75, 3.05) is 10.6 Å². The van der Waals surface area contributed by atoms with E-state index in [4.69, 9.17) is 9.47 Å². The Bertz CT molecular complexity index is 1660. The van der Waals surface area contributed by atoms with Gasteiger partial charge in [0.2, 0.25) is 5.91 Å². The van der Waals surface area contributed by atoms with Crippen LogP contribution < -0.4 is 15.4 Å². The Morgan fingerprint density at radius 3 is 2.27 bits per heavy atom. The van der Waals surface area contributed by atoms with Crippen LogP contribution in [-0.4, -0.2) is 38.3 Å². The molecule has 0 saturated heterocycles. The number of alkyl halides is 3. The first-order chi connectivity index (χ1) is 19.1. The third-order valence-electron chi connectivity index (χ3n) is 5.25. The monoisotopic (exact) mass is 573 g/mol. The fourth-order valence-corrected chi connectivity index (χ4v) is 3.61. The van der Waals surface area contributed by atoms with Gasteiger partial charge in [0, 0.05) is 30.6 Å². The summed E-state index contributed by atoms with van der Waals surface area (Å²) in [4.78, 5) is 41.0. The highest BCUT2D eigenvalue weighted by Crippen LogP contribution is 2.33. The molecule has 0 aliphatic rings. The molecule has 0 unspecified atom stereocenters. The van der Waals surface area contributed by atoms with Gasteiger partial charge in [-0.15, -0.1) is 0 Å². The zero-order valence-electron chi connectivity index (χ0n) is 22.1. The maximum atomic E-state index is 14.9. The van der Waals surface area contributed by atoms with Gasteiger partial charge in [-0.3, -0.25) is 9.59 Å². The van der Waals surface area contributed by atoms with E-state index in [0.717, 1.165) is 18.2 Å². The number of nitrogens with one attached hydrogen (secondary N) is 2. The van der Waals surface area contributed by atoms with Crippen molar-refractivity contribution in [1.82, 2.24) is 14.8 Å². The van der Waals surface area contributed by atoms with E-state index in [2.05, 4.69) is 20.7 Å². The molecular weight excluding hydrogens is 550 g/mol. The van der Waals surface area contributed by atoms with E-state index in [-0.39, 0.29) is 39.8 Å². The van der Waals surface area contributed by atoms with E-state index in [1.807, 2.05) is 0 Å². The van der Waals surface area contributed by atoms with Gasteiger partial charge in [-0.2, -0.15) is 23.0 Å². The van der Waals surface area contributed by atoms with Gasteiger partial charge in [-0.25, -0.2) is 14.2 Å². The number of fused-ring (bicyclic) bond motifs is 1. The topological polar surface area (TPSA) is 124 Å². The molecule has 2 aromatic carbocycles. The molecule has 0 spiro atoms. The first-order valence-corrected chi connectivity index (χ1v) is 12.0. The number of nitrogens with zero attached hydrogens (tertiary/aromatic N) is 3. The summed E-state index contributed by atoms with van der Waals surface area (Å²) in [7, 11) is 0. The van der Waals surface area contributed by atoms with Gasteiger partial charge in [0.05, 0.1) is 16.8 Å². The van der Waals surface area contributed by atoms with Crippen LogP contribution in [0.25, 0.3) is 10.9 Å². The van der Waals surface area contributed by atoms with Crippen LogP contribution >= 0.6 is 0 Å². The van der Waals surface area contributed by atoms with Gasteiger partial charge >= 0.3 is 12.3 Å². The maximum absolute atomic E-state index is 14.9.